The van der Waals surface area contributed by atoms with Crippen LogP contribution < -0.4 is 0 Å². The molecule has 3 aliphatic carbocycles. The van der Waals surface area contributed by atoms with Gasteiger partial charge >= 0.3 is 0 Å². The molecule has 0 bridgehead atoms. The number of hydrogen-bond acceptors (Lipinski definition) is 4. The summed E-state index contributed by atoms with van der Waals surface area (Å²) in [5.74, 6) is 2.46. The van der Waals surface area contributed by atoms with Crippen LogP contribution in [0, 0.1) is 17.3 Å². The van der Waals surface area contributed by atoms with Gasteiger partial charge in [-0.25, -0.2) is 0 Å². The molecule has 1 aromatic carbocycles. The number of benzene rings is 1. The molecule has 0 spiro atoms. The molecule has 2 aromatic rings. The Morgan fingerprint density at radius 1 is 1.23 bits per heavy atom. The lowest BCUT2D eigenvalue weighted by molar-refractivity contribution is 0.0955. The third-order valence-corrected chi connectivity index (χ3v) is 8.00. The summed E-state index contributed by atoms with van der Waals surface area (Å²) in [6, 6.07) is 8.03. The standard InChI is InChI=1S/C25H32N4O/c1-3-14-29-18(11-13-27-29)16-26-28-24-9-8-23-22-6-4-17-15-19(30)5-7-20(17)21(22)10-12-25(23,24)2/h5,7,11,13,15-16,21-23,30H,3-4,6,8-10,12,14H2,1-2H3/b26-16-,28-24-/t21-,22-,23-,25+/m0/s1. The fourth-order valence-corrected chi connectivity index (χ4v) is 6.53. The Morgan fingerprint density at radius 2 is 2.13 bits per heavy atom. The zero-order chi connectivity index (χ0) is 20.7. The lowest BCUT2D eigenvalue weighted by Crippen LogP contribution is -2.42. The quantitative estimate of drug-likeness (QED) is 0.553. The van der Waals surface area contributed by atoms with Crippen molar-refractivity contribution in [3.05, 3.63) is 47.3 Å². The van der Waals surface area contributed by atoms with Crippen LogP contribution in [0.4, 0.5) is 0 Å². The highest BCUT2D eigenvalue weighted by Gasteiger charge is 2.53. The number of aromatic nitrogens is 2. The maximum Gasteiger partial charge on any atom is 0.115 e. The molecule has 1 aromatic heterocycles. The SMILES string of the molecule is CCCn1nccc1/C=N\N=C1\CC[C@H]2[C@H]3CCc4cc(O)ccc4[C@@H]3CC[C@@]12C. The van der Waals surface area contributed by atoms with Crippen molar-refractivity contribution in [1.29, 1.82) is 0 Å². The minimum atomic E-state index is 0.177. The predicted molar refractivity (Wildman–Crippen MR) is 120 cm³/mol. The Balaban J connectivity index is 1.36. The van der Waals surface area contributed by atoms with Crippen LogP contribution in [0.25, 0.3) is 0 Å². The summed E-state index contributed by atoms with van der Waals surface area (Å²) in [5, 5.41) is 23.5. The van der Waals surface area contributed by atoms with Crippen molar-refractivity contribution >= 4 is 11.9 Å². The minimum Gasteiger partial charge on any atom is -0.508 e. The van der Waals surface area contributed by atoms with Crippen LogP contribution in [0.5, 0.6) is 5.75 Å². The van der Waals surface area contributed by atoms with Gasteiger partial charge in [-0.1, -0.05) is 19.9 Å². The van der Waals surface area contributed by atoms with Crippen LogP contribution in [0.15, 0.2) is 40.7 Å². The van der Waals surface area contributed by atoms with Crippen LogP contribution in [0.3, 0.4) is 0 Å². The Labute approximate surface area is 178 Å². The Bertz CT molecular complexity index is 991. The topological polar surface area (TPSA) is 62.8 Å². The molecule has 5 nitrogen and oxygen atoms in total. The van der Waals surface area contributed by atoms with Crippen LogP contribution in [0.2, 0.25) is 0 Å². The van der Waals surface area contributed by atoms with Crippen LogP contribution in [-0.2, 0) is 13.0 Å². The molecule has 158 valence electrons. The first kappa shape index (κ1) is 19.5. The zero-order valence-corrected chi connectivity index (χ0v) is 18.1. The second-order valence-corrected chi connectivity index (χ2v) is 9.56. The average Bonchev–Trinajstić information content (AvgIpc) is 3.32. The normalized spacial score (nSPS) is 31.7. The molecule has 1 N–H and O–H groups in total. The fourth-order valence-electron chi connectivity index (χ4n) is 6.53. The van der Waals surface area contributed by atoms with E-state index in [0.29, 0.717) is 17.6 Å². The van der Waals surface area contributed by atoms with Gasteiger partial charge in [-0.05, 0) is 92.0 Å². The van der Waals surface area contributed by atoms with E-state index < -0.39 is 0 Å². The van der Waals surface area contributed by atoms with Gasteiger partial charge in [-0.3, -0.25) is 4.68 Å². The molecule has 2 saturated carbocycles. The van der Waals surface area contributed by atoms with Crippen LogP contribution in [-0.4, -0.2) is 26.8 Å². The molecule has 0 radical (unpaired) electrons. The van der Waals surface area contributed by atoms with Crippen molar-refractivity contribution in [3.8, 4) is 5.75 Å². The average molecular weight is 405 g/mol. The molecule has 5 rings (SSSR count). The Hall–Kier alpha value is -2.43. The molecule has 3 aliphatic rings. The van der Waals surface area contributed by atoms with E-state index in [1.165, 1.54) is 42.5 Å². The lowest BCUT2D eigenvalue weighted by atomic mass is 9.55. The molecule has 0 saturated heterocycles. The van der Waals surface area contributed by atoms with Gasteiger partial charge in [-0.15, -0.1) is 0 Å². The van der Waals surface area contributed by atoms with Crippen molar-refractivity contribution in [1.82, 2.24) is 9.78 Å². The molecule has 4 atom stereocenters. The largest absolute Gasteiger partial charge is 0.508 e. The van der Waals surface area contributed by atoms with E-state index in [9.17, 15) is 5.11 Å². The van der Waals surface area contributed by atoms with Gasteiger partial charge in [0.05, 0.1) is 11.9 Å². The monoisotopic (exact) mass is 404 g/mol. The van der Waals surface area contributed by atoms with Gasteiger partial charge in [-0.2, -0.15) is 15.3 Å². The fraction of sp³-hybridized carbons (Fsp3) is 0.560. The number of phenolic OH excluding ortho intramolecular Hbond substituents is 1. The van der Waals surface area contributed by atoms with Gasteiger partial charge in [0, 0.05) is 23.9 Å². The van der Waals surface area contributed by atoms with E-state index >= 15 is 0 Å². The maximum absolute atomic E-state index is 9.87. The Morgan fingerprint density at radius 3 is 3.00 bits per heavy atom. The van der Waals surface area contributed by atoms with Gasteiger partial charge in [0.2, 0.25) is 0 Å². The van der Waals surface area contributed by atoms with Gasteiger partial charge < -0.3 is 5.11 Å². The van der Waals surface area contributed by atoms with Gasteiger partial charge in [0.25, 0.3) is 0 Å². The molecule has 5 heteroatoms. The number of rotatable bonds is 4. The van der Waals surface area contributed by atoms with E-state index in [4.69, 9.17) is 5.10 Å². The van der Waals surface area contributed by atoms with Crippen molar-refractivity contribution < 1.29 is 5.11 Å². The van der Waals surface area contributed by atoms with E-state index in [2.05, 4.69) is 30.1 Å². The summed E-state index contributed by atoms with van der Waals surface area (Å²) in [7, 11) is 0. The maximum atomic E-state index is 9.87. The van der Waals surface area contributed by atoms with Crippen molar-refractivity contribution in [2.75, 3.05) is 0 Å². The van der Waals surface area contributed by atoms with Crippen molar-refractivity contribution in [3.63, 3.8) is 0 Å². The number of fused-ring (bicyclic) bond motifs is 5. The second kappa shape index (κ2) is 7.68. The Kier molecular flexibility index (Phi) is 5.00. The number of aromatic hydroxyl groups is 1. The lowest BCUT2D eigenvalue weighted by Gasteiger charge is -2.49. The highest BCUT2D eigenvalue weighted by Crippen LogP contribution is 2.60. The van der Waals surface area contributed by atoms with Crippen LogP contribution >= 0.6 is 0 Å². The second-order valence-electron chi connectivity index (χ2n) is 9.56. The molecule has 0 aliphatic heterocycles. The molecule has 2 fully saturated rings. The first-order valence-electron chi connectivity index (χ1n) is 11.5. The van der Waals surface area contributed by atoms with Crippen LogP contribution in [0.1, 0.15) is 75.1 Å². The smallest absolute Gasteiger partial charge is 0.115 e. The predicted octanol–water partition coefficient (Wildman–Crippen LogP) is 5.33. The summed E-state index contributed by atoms with van der Waals surface area (Å²) in [6.07, 6.45) is 11.8. The van der Waals surface area contributed by atoms with Gasteiger partial charge in [0.1, 0.15) is 5.75 Å². The summed E-state index contributed by atoms with van der Waals surface area (Å²) in [5.41, 5.74) is 5.34. The summed E-state index contributed by atoms with van der Waals surface area (Å²) in [4.78, 5) is 0. The summed E-state index contributed by atoms with van der Waals surface area (Å²) >= 11 is 0. The van der Waals surface area contributed by atoms with Gasteiger partial charge in [0.15, 0.2) is 0 Å². The molecular formula is C25H32N4O. The zero-order valence-electron chi connectivity index (χ0n) is 18.1. The third-order valence-electron chi connectivity index (χ3n) is 8.00. The number of aryl methyl sites for hydroxylation is 2. The van der Waals surface area contributed by atoms with Crippen molar-refractivity contribution in [2.45, 2.75) is 71.3 Å². The molecule has 0 amide bonds. The summed E-state index contributed by atoms with van der Waals surface area (Å²) in [6.45, 7) is 5.50. The molecule has 0 unspecified atom stereocenters. The highest BCUT2D eigenvalue weighted by molar-refractivity contribution is 5.93. The first-order valence-corrected chi connectivity index (χ1v) is 11.5. The molecule has 1 heterocycles. The highest BCUT2D eigenvalue weighted by atomic mass is 16.3. The molecule has 30 heavy (non-hydrogen) atoms. The van der Waals surface area contributed by atoms with E-state index in [-0.39, 0.29) is 5.41 Å². The number of phenols is 1. The van der Waals surface area contributed by atoms with E-state index in [1.54, 1.807) is 0 Å². The third kappa shape index (κ3) is 3.19. The number of nitrogens with zero attached hydrogens (tertiary/aromatic N) is 4. The molecular weight excluding hydrogens is 372 g/mol. The van der Waals surface area contributed by atoms with E-state index in [1.807, 2.05) is 35.3 Å². The summed E-state index contributed by atoms with van der Waals surface area (Å²) < 4.78 is 1.99. The minimum absolute atomic E-state index is 0.177. The first-order chi connectivity index (χ1) is 14.6. The van der Waals surface area contributed by atoms with Crippen molar-refractivity contribution in [2.24, 2.45) is 27.5 Å². The number of hydrogen-bond donors (Lipinski definition) is 1. The van der Waals surface area contributed by atoms with E-state index in [0.717, 1.165) is 37.4 Å².